The van der Waals surface area contributed by atoms with E-state index in [4.69, 9.17) is 5.73 Å². The summed E-state index contributed by atoms with van der Waals surface area (Å²) in [7, 11) is 1.66. The summed E-state index contributed by atoms with van der Waals surface area (Å²) in [6, 6.07) is 0. The third-order valence-electron chi connectivity index (χ3n) is 1.34. The Kier molecular flexibility index (Phi) is 1.86. The molecule has 5 heteroatoms. The summed E-state index contributed by atoms with van der Waals surface area (Å²) in [4.78, 5) is 10.7. The van der Waals surface area contributed by atoms with Crippen LogP contribution >= 0.6 is 0 Å². The van der Waals surface area contributed by atoms with Gasteiger partial charge in [0.25, 0.3) is 0 Å². The minimum atomic E-state index is -0.191. The van der Waals surface area contributed by atoms with E-state index in [1.807, 2.05) is 0 Å². The highest BCUT2D eigenvalue weighted by molar-refractivity contribution is 4.84. The van der Waals surface area contributed by atoms with Crippen LogP contribution in [0.1, 0.15) is 5.82 Å². The van der Waals surface area contributed by atoms with E-state index in [9.17, 15) is 4.79 Å². The van der Waals surface area contributed by atoms with Gasteiger partial charge in [-0.15, -0.1) is 0 Å². The molecule has 5 nitrogen and oxygen atoms in total. The molecule has 0 saturated carbocycles. The predicted octanol–water partition coefficient (Wildman–Crippen LogP) is -1.39. The van der Waals surface area contributed by atoms with E-state index in [-0.39, 0.29) is 5.69 Å². The molecule has 0 aliphatic carbocycles. The van der Waals surface area contributed by atoms with Crippen LogP contribution in [0.25, 0.3) is 0 Å². The van der Waals surface area contributed by atoms with Crippen molar-refractivity contribution in [2.24, 2.45) is 12.8 Å². The lowest BCUT2D eigenvalue weighted by Gasteiger charge is -1.93. The van der Waals surface area contributed by atoms with Gasteiger partial charge in [-0.1, -0.05) is 0 Å². The van der Waals surface area contributed by atoms with Crippen molar-refractivity contribution in [1.29, 1.82) is 0 Å². The summed E-state index contributed by atoms with van der Waals surface area (Å²) < 4.78 is 1.45. The Balaban J connectivity index is 2.94. The molecule has 1 aromatic rings. The maximum atomic E-state index is 10.7. The molecule has 0 saturated heterocycles. The molecule has 0 amide bonds. The Bertz CT molecular complexity index is 261. The Labute approximate surface area is 57.9 Å². The van der Waals surface area contributed by atoms with Gasteiger partial charge in [0.05, 0.1) is 0 Å². The maximum Gasteiger partial charge on any atom is 0.343 e. The first-order valence-electron chi connectivity index (χ1n) is 3.06. The average Bonchev–Trinajstić information content (AvgIpc) is 2.20. The van der Waals surface area contributed by atoms with Crippen molar-refractivity contribution < 1.29 is 0 Å². The molecule has 0 radical (unpaired) electrons. The SMILES string of the molecule is Cn1c(CCN)n[nH]c1=O. The van der Waals surface area contributed by atoms with Gasteiger partial charge in [0.15, 0.2) is 0 Å². The molecule has 0 unspecified atom stereocenters. The number of aromatic nitrogens is 3. The summed E-state index contributed by atoms with van der Waals surface area (Å²) in [6.45, 7) is 0.512. The van der Waals surface area contributed by atoms with Gasteiger partial charge in [0.1, 0.15) is 5.82 Å². The monoisotopic (exact) mass is 142 g/mol. The van der Waals surface area contributed by atoms with Crippen molar-refractivity contribution in [3.63, 3.8) is 0 Å². The van der Waals surface area contributed by atoms with Gasteiger partial charge in [-0.2, -0.15) is 5.10 Å². The highest BCUT2D eigenvalue weighted by atomic mass is 16.1. The number of aromatic amines is 1. The molecule has 1 aromatic heterocycles. The molecule has 0 spiro atoms. The van der Waals surface area contributed by atoms with Crippen LogP contribution < -0.4 is 11.4 Å². The summed E-state index contributed by atoms with van der Waals surface area (Å²) in [5.41, 5.74) is 5.08. The van der Waals surface area contributed by atoms with Crippen LogP contribution in [0.4, 0.5) is 0 Å². The first-order valence-corrected chi connectivity index (χ1v) is 3.06. The lowest BCUT2D eigenvalue weighted by molar-refractivity contribution is 0.761. The summed E-state index contributed by atoms with van der Waals surface area (Å²) in [6.07, 6.45) is 0.634. The van der Waals surface area contributed by atoms with Gasteiger partial charge >= 0.3 is 5.69 Å². The normalized spacial score (nSPS) is 10.2. The number of nitrogens with two attached hydrogens (primary N) is 1. The highest BCUT2D eigenvalue weighted by Gasteiger charge is 2.00. The Morgan fingerprint density at radius 3 is 2.90 bits per heavy atom. The van der Waals surface area contributed by atoms with E-state index in [0.717, 1.165) is 0 Å². The van der Waals surface area contributed by atoms with Crippen molar-refractivity contribution in [2.45, 2.75) is 6.42 Å². The standard InChI is InChI=1S/C5H10N4O/c1-9-4(2-3-6)7-8-5(9)10/h2-3,6H2,1H3,(H,8,10). The number of rotatable bonds is 2. The van der Waals surface area contributed by atoms with Crippen molar-refractivity contribution >= 4 is 0 Å². The molecule has 0 bridgehead atoms. The first-order chi connectivity index (χ1) is 4.75. The van der Waals surface area contributed by atoms with E-state index >= 15 is 0 Å². The van der Waals surface area contributed by atoms with Crippen molar-refractivity contribution in [1.82, 2.24) is 14.8 Å². The third kappa shape index (κ3) is 1.08. The number of H-pyrrole nitrogens is 1. The van der Waals surface area contributed by atoms with Gasteiger partial charge in [0.2, 0.25) is 0 Å². The summed E-state index contributed by atoms with van der Waals surface area (Å²) in [5.74, 6) is 0.701. The fourth-order valence-electron chi connectivity index (χ4n) is 0.732. The minimum absolute atomic E-state index is 0.191. The molecule has 0 fully saturated rings. The topological polar surface area (TPSA) is 76.7 Å². The van der Waals surface area contributed by atoms with Crippen LogP contribution in [-0.4, -0.2) is 21.3 Å². The maximum absolute atomic E-state index is 10.7. The molecule has 3 N–H and O–H groups in total. The van der Waals surface area contributed by atoms with Gasteiger partial charge < -0.3 is 5.73 Å². The van der Waals surface area contributed by atoms with Crippen molar-refractivity contribution in [3.8, 4) is 0 Å². The van der Waals surface area contributed by atoms with E-state index in [1.54, 1.807) is 7.05 Å². The second-order valence-electron chi connectivity index (χ2n) is 2.04. The zero-order valence-electron chi connectivity index (χ0n) is 5.79. The molecule has 10 heavy (non-hydrogen) atoms. The van der Waals surface area contributed by atoms with Gasteiger partial charge in [-0.05, 0) is 6.54 Å². The zero-order chi connectivity index (χ0) is 7.56. The van der Waals surface area contributed by atoms with E-state index in [0.29, 0.717) is 18.8 Å². The Morgan fingerprint density at radius 2 is 2.50 bits per heavy atom. The number of nitrogens with zero attached hydrogens (tertiary/aromatic N) is 2. The largest absolute Gasteiger partial charge is 0.343 e. The van der Waals surface area contributed by atoms with Crippen LogP contribution in [0.3, 0.4) is 0 Å². The van der Waals surface area contributed by atoms with Crippen LogP contribution in [0, 0.1) is 0 Å². The smallest absolute Gasteiger partial charge is 0.330 e. The quantitative estimate of drug-likeness (QED) is 0.533. The van der Waals surface area contributed by atoms with Crippen LogP contribution in [0.5, 0.6) is 0 Å². The highest BCUT2D eigenvalue weighted by Crippen LogP contribution is 1.85. The molecule has 56 valence electrons. The van der Waals surface area contributed by atoms with E-state index < -0.39 is 0 Å². The van der Waals surface area contributed by atoms with Crippen molar-refractivity contribution in [2.75, 3.05) is 6.54 Å². The van der Waals surface area contributed by atoms with Gasteiger partial charge in [0, 0.05) is 13.5 Å². The number of hydrogen-bond acceptors (Lipinski definition) is 3. The zero-order valence-corrected chi connectivity index (χ0v) is 5.79. The molecular formula is C5H10N4O. The lowest BCUT2D eigenvalue weighted by atomic mass is 10.4. The van der Waals surface area contributed by atoms with E-state index in [1.165, 1.54) is 4.57 Å². The van der Waals surface area contributed by atoms with E-state index in [2.05, 4.69) is 10.2 Å². The second-order valence-corrected chi connectivity index (χ2v) is 2.04. The summed E-state index contributed by atoms with van der Waals surface area (Å²) >= 11 is 0. The second kappa shape index (κ2) is 2.66. The molecule has 0 aromatic carbocycles. The predicted molar refractivity (Wildman–Crippen MR) is 36.6 cm³/mol. The average molecular weight is 142 g/mol. The number of hydrogen-bond donors (Lipinski definition) is 2. The molecular weight excluding hydrogens is 132 g/mol. The Hall–Kier alpha value is -1.10. The fourth-order valence-corrected chi connectivity index (χ4v) is 0.732. The summed E-state index contributed by atoms with van der Waals surface area (Å²) in [5, 5.41) is 6.07. The van der Waals surface area contributed by atoms with Gasteiger partial charge in [-0.3, -0.25) is 4.57 Å². The molecule has 0 atom stereocenters. The minimum Gasteiger partial charge on any atom is -0.330 e. The molecule has 0 aliphatic rings. The van der Waals surface area contributed by atoms with Gasteiger partial charge in [-0.25, -0.2) is 9.89 Å². The molecule has 0 aliphatic heterocycles. The molecule has 1 heterocycles. The molecule has 1 rings (SSSR count). The lowest BCUT2D eigenvalue weighted by Crippen LogP contribution is -2.16. The first kappa shape index (κ1) is 7.01. The van der Waals surface area contributed by atoms with Crippen LogP contribution in [-0.2, 0) is 13.5 Å². The Morgan fingerprint density at radius 1 is 1.80 bits per heavy atom. The van der Waals surface area contributed by atoms with Crippen LogP contribution in [0.15, 0.2) is 4.79 Å². The fraction of sp³-hybridized carbons (Fsp3) is 0.600. The third-order valence-corrected chi connectivity index (χ3v) is 1.34. The van der Waals surface area contributed by atoms with Crippen molar-refractivity contribution in [3.05, 3.63) is 16.3 Å². The van der Waals surface area contributed by atoms with Crippen LogP contribution in [0.2, 0.25) is 0 Å². The number of nitrogens with one attached hydrogen (secondary N) is 1.